The van der Waals surface area contributed by atoms with E-state index in [2.05, 4.69) is 10.6 Å². The summed E-state index contributed by atoms with van der Waals surface area (Å²) in [6.07, 6.45) is 2.16. The van der Waals surface area contributed by atoms with Crippen LogP contribution in [0.2, 0.25) is 0 Å². The molecule has 1 atom stereocenters. The molecule has 1 aliphatic rings. The van der Waals surface area contributed by atoms with Gasteiger partial charge in [0.2, 0.25) is 0 Å². The number of halogens is 1. The highest BCUT2D eigenvalue weighted by molar-refractivity contribution is 6.35. The molecule has 0 aromatic carbocycles. The number of piperazine rings is 1. The lowest BCUT2D eigenvalue weighted by molar-refractivity contribution is -0.140. The molecule has 1 heterocycles. The van der Waals surface area contributed by atoms with Crippen LogP contribution in [0.4, 0.5) is 0 Å². The minimum atomic E-state index is -0.933. The second-order valence-corrected chi connectivity index (χ2v) is 3.74. The van der Waals surface area contributed by atoms with Crippen LogP contribution in [0.1, 0.15) is 19.3 Å². The van der Waals surface area contributed by atoms with Crippen LogP contribution in [-0.4, -0.2) is 48.6 Å². The average Bonchev–Trinajstić information content (AvgIpc) is 2.34. The third-order valence-corrected chi connectivity index (χ3v) is 2.19. The van der Waals surface area contributed by atoms with Crippen LogP contribution in [0, 0.1) is 0 Å². The summed E-state index contributed by atoms with van der Waals surface area (Å²) in [4.78, 5) is 30.7. The fraction of sp³-hybridized carbons (Fsp3) is 0.700. The first-order valence-corrected chi connectivity index (χ1v) is 5.73. The SMILES string of the molecule is Cl.NCCCCC(N)C(=O)O.O=C1NCCNC1=O. The molecule has 1 saturated heterocycles. The quantitative estimate of drug-likeness (QED) is 0.298. The number of nitrogens with one attached hydrogen (secondary N) is 2. The molecule has 1 fully saturated rings. The maximum atomic E-state index is 10.3. The van der Waals surface area contributed by atoms with Gasteiger partial charge in [-0.3, -0.25) is 14.4 Å². The van der Waals surface area contributed by atoms with Crippen molar-refractivity contribution in [3.63, 3.8) is 0 Å². The number of hydrogen-bond acceptors (Lipinski definition) is 5. The molecule has 112 valence electrons. The van der Waals surface area contributed by atoms with E-state index in [0.29, 0.717) is 26.1 Å². The van der Waals surface area contributed by atoms with Gasteiger partial charge in [-0.15, -0.1) is 12.4 Å². The van der Waals surface area contributed by atoms with Crippen molar-refractivity contribution < 1.29 is 19.5 Å². The first-order valence-electron chi connectivity index (χ1n) is 5.73. The van der Waals surface area contributed by atoms with Gasteiger partial charge in [0.25, 0.3) is 0 Å². The predicted octanol–water partition coefficient (Wildman–Crippen LogP) is -1.82. The largest absolute Gasteiger partial charge is 0.480 e. The molecule has 0 bridgehead atoms. The van der Waals surface area contributed by atoms with Gasteiger partial charge < -0.3 is 27.2 Å². The molecule has 1 aliphatic heterocycles. The lowest BCUT2D eigenvalue weighted by Gasteiger charge is -2.10. The monoisotopic (exact) mass is 296 g/mol. The summed E-state index contributed by atoms with van der Waals surface area (Å²) < 4.78 is 0. The van der Waals surface area contributed by atoms with E-state index >= 15 is 0 Å². The number of amides is 2. The molecule has 8 nitrogen and oxygen atoms in total. The van der Waals surface area contributed by atoms with E-state index < -0.39 is 23.8 Å². The Hall–Kier alpha value is -1.38. The number of aliphatic carboxylic acids is 1. The lowest BCUT2D eigenvalue weighted by atomic mass is 10.1. The summed E-state index contributed by atoms with van der Waals surface area (Å²) in [6.45, 7) is 1.70. The zero-order valence-corrected chi connectivity index (χ0v) is 11.4. The second kappa shape index (κ2) is 11.7. The minimum Gasteiger partial charge on any atom is -0.480 e. The number of carboxylic acid groups (broad SMARTS) is 1. The molecule has 0 aromatic rings. The standard InChI is InChI=1S/C6H14N2O2.C4H6N2O2.ClH/c7-4-2-1-3-5(8)6(9)10;7-3-4(8)6-2-1-5-3;/h5H,1-4,7-8H2,(H,9,10);1-2H2,(H,5,7)(H,6,8);1H. The Labute approximate surface area is 117 Å². The van der Waals surface area contributed by atoms with Crippen LogP contribution < -0.4 is 22.1 Å². The Morgan fingerprint density at radius 1 is 1.21 bits per heavy atom. The Kier molecular flexibility index (Phi) is 12.3. The van der Waals surface area contributed by atoms with Crippen LogP contribution in [0.15, 0.2) is 0 Å². The number of rotatable bonds is 5. The smallest absolute Gasteiger partial charge is 0.320 e. The molecule has 1 rings (SSSR count). The molecule has 0 aromatic heterocycles. The van der Waals surface area contributed by atoms with Crippen molar-refractivity contribution in [2.75, 3.05) is 19.6 Å². The van der Waals surface area contributed by atoms with E-state index in [0.717, 1.165) is 12.8 Å². The van der Waals surface area contributed by atoms with Gasteiger partial charge in [-0.05, 0) is 19.4 Å². The normalized spacial score (nSPS) is 15.1. The number of carbonyl (C=O) groups excluding carboxylic acids is 2. The number of nitrogens with two attached hydrogens (primary N) is 2. The van der Waals surface area contributed by atoms with Gasteiger partial charge in [0.1, 0.15) is 6.04 Å². The van der Waals surface area contributed by atoms with Crippen molar-refractivity contribution in [3.8, 4) is 0 Å². The number of carbonyl (C=O) groups is 3. The maximum absolute atomic E-state index is 10.3. The topological polar surface area (TPSA) is 148 Å². The van der Waals surface area contributed by atoms with Gasteiger partial charge in [0.15, 0.2) is 0 Å². The molecule has 19 heavy (non-hydrogen) atoms. The lowest BCUT2D eigenvalue weighted by Crippen LogP contribution is -2.49. The predicted molar refractivity (Wildman–Crippen MR) is 71.8 cm³/mol. The average molecular weight is 297 g/mol. The first-order chi connectivity index (χ1) is 8.49. The molecular weight excluding hydrogens is 276 g/mol. The third kappa shape index (κ3) is 10.2. The van der Waals surface area contributed by atoms with E-state index in [1.807, 2.05) is 0 Å². The van der Waals surface area contributed by atoms with Crippen LogP contribution >= 0.6 is 12.4 Å². The molecular formula is C10H21ClN4O4. The zero-order valence-electron chi connectivity index (χ0n) is 10.6. The summed E-state index contributed by atoms with van der Waals surface area (Å²) in [5.41, 5.74) is 10.4. The molecule has 0 radical (unpaired) electrons. The van der Waals surface area contributed by atoms with Gasteiger partial charge in [0, 0.05) is 13.1 Å². The second-order valence-electron chi connectivity index (χ2n) is 3.74. The van der Waals surface area contributed by atoms with Gasteiger partial charge in [-0.2, -0.15) is 0 Å². The third-order valence-electron chi connectivity index (χ3n) is 2.19. The fourth-order valence-electron chi connectivity index (χ4n) is 1.14. The number of unbranched alkanes of at least 4 members (excludes halogenated alkanes) is 1. The van der Waals surface area contributed by atoms with Crippen molar-refractivity contribution in [3.05, 3.63) is 0 Å². The number of carboxylic acids is 1. The summed E-state index contributed by atoms with van der Waals surface area (Å²) in [7, 11) is 0. The minimum absolute atomic E-state index is 0. The highest BCUT2D eigenvalue weighted by atomic mass is 35.5. The number of hydrogen-bond donors (Lipinski definition) is 5. The van der Waals surface area contributed by atoms with Gasteiger partial charge in [-0.1, -0.05) is 6.42 Å². The van der Waals surface area contributed by atoms with Gasteiger partial charge in [0.05, 0.1) is 0 Å². The molecule has 0 aliphatic carbocycles. The van der Waals surface area contributed by atoms with Crippen molar-refractivity contribution in [2.45, 2.75) is 25.3 Å². The molecule has 2 amide bonds. The Morgan fingerprint density at radius 3 is 2.00 bits per heavy atom. The first kappa shape index (κ1) is 19.9. The van der Waals surface area contributed by atoms with Crippen LogP contribution in [0.3, 0.4) is 0 Å². The van der Waals surface area contributed by atoms with Gasteiger partial charge in [-0.25, -0.2) is 0 Å². The van der Waals surface area contributed by atoms with E-state index in [9.17, 15) is 14.4 Å². The Bertz CT molecular complexity index is 285. The van der Waals surface area contributed by atoms with E-state index in [-0.39, 0.29) is 12.4 Å². The molecule has 7 N–H and O–H groups in total. The molecule has 0 saturated carbocycles. The molecule has 9 heteroatoms. The van der Waals surface area contributed by atoms with Gasteiger partial charge >= 0.3 is 17.8 Å². The summed E-state index contributed by atoms with van der Waals surface area (Å²) in [6, 6.07) is -0.716. The van der Waals surface area contributed by atoms with Crippen LogP contribution in [-0.2, 0) is 14.4 Å². The van der Waals surface area contributed by atoms with Crippen LogP contribution in [0.25, 0.3) is 0 Å². The fourth-order valence-corrected chi connectivity index (χ4v) is 1.14. The van der Waals surface area contributed by atoms with Crippen molar-refractivity contribution in [1.29, 1.82) is 0 Å². The Balaban J connectivity index is 0. The van der Waals surface area contributed by atoms with E-state index in [1.165, 1.54) is 0 Å². The molecule has 0 spiro atoms. The highest BCUT2D eigenvalue weighted by Crippen LogP contribution is 1.96. The Morgan fingerprint density at radius 2 is 1.68 bits per heavy atom. The molecule has 1 unspecified atom stereocenters. The van der Waals surface area contributed by atoms with Crippen molar-refractivity contribution in [2.24, 2.45) is 11.5 Å². The maximum Gasteiger partial charge on any atom is 0.320 e. The van der Waals surface area contributed by atoms with E-state index in [1.54, 1.807) is 0 Å². The van der Waals surface area contributed by atoms with Crippen molar-refractivity contribution >= 4 is 30.2 Å². The zero-order chi connectivity index (χ0) is 14.0. The van der Waals surface area contributed by atoms with Crippen LogP contribution in [0.5, 0.6) is 0 Å². The summed E-state index contributed by atoms with van der Waals surface area (Å²) in [5.74, 6) is -2.00. The van der Waals surface area contributed by atoms with E-state index in [4.69, 9.17) is 16.6 Å². The highest BCUT2D eigenvalue weighted by Gasteiger charge is 2.15. The van der Waals surface area contributed by atoms with Crippen molar-refractivity contribution in [1.82, 2.24) is 10.6 Å². The summed E-state index contributed by atoms with van der Waals surface area (Å²) in [5, 5.41) is 13.1. The summed E-state index contributed by atoms with van der Waals surface area (Å²) >= 11 is 0.